The van der Waals surface area contributed by atoms with Crippen LogP contribution < -0.4 is 10.5 Å². The predicted molar refractivity (Wildman–Crippen MR) is 90.7 cm³/mol. The number of aromatic nitrogens is 1. The van der Waals surface area contributed by atoms with Crippen LogP contribution in [0.2, 0.25) is 0 Å². The number of methoxy groups -OCH3 is 1. The first-order valence-electron chi connectivity index (χ1n) is 6.96. The monoisotopic (exact) mass is 341 g/mol. The van der Waals surface area contributed by atoms with Gasteiger partial charge in [0.2, 0.25) is 0 Å². The van der Waals surface area contributed by atoms with Gasteiger partial charge in [-0.15, -0.1) is 23.7 Å². The van der Waals surface area contributed by atoms with Crippen molar-refractivity contribution in [3.63, 3.8) is 0 Å². The van der Waals surface area contributed by atoms with Gasteiger partial charge in [0.25, 0.3) is 0 Å². The maximum atomic E-state index is 9.67. The molecule has 2 aromatic rings. The van der Waals surface area contributed by atoms with E-state index in [1.807, 2.05) is 18.3 Å². The third-order valence-electron chi connectivity index (χ3n) is 3.62. The van der Waals surface area contributed by atoms with Crippen LogP contribution in [0.3, 0.4) is 0 Å². The van der Waals surface area contributed by atoms with Gasteiger partial charge in [-0.25, -0.2) is 4.98 Å². The van der Waals surface area contributed by atoms with Crippen LogP contribution in [-0.2, 0) is 13.1 Å². The first kappa shape index (κ1) is 16.9. The lowest BCUT2D eigenvalue weighted by Crippen LogP contribution is -2.24. The van der Waals surface area contributed by atoms with E-state index in [1.165, 1.54) is 17.7 Å². The van der Waals surface area contributed by atoms with Crippen molar-refractivity contribution < 1.29 is 9.84 Å². The molecule has 1 heterocycles. The molecule has 0 bridgehead atoms. The minimum atomic E-state index is 0. The molecule has 3 rings (SSSR count). The van der Waals surface area contributed by atoms with Crippen LogP contribution >= 0.6 is 23.7 Å². The van der Waals surface area contributed by atoms with Gasteiger partial charge in [0.05, 0.1) is 7.11 Å². The third-order valence-corrected chi connectivity index (χ3v) is 4.43. The highest BCUT2D eigenvalue weighted by atomic mass is 35.5. The molecule has 1 saturated carbocycles. The molecule has 120 valence electrons. The molecule has 5 nitrogen and oxygen atoms in total. The zero-order chi connectivity index (χ0) is 14.8. The fourth-order valence-corrected chi connectivity index (χ4v) is 3.11. The predicted octanol–water partition coefficient (Wildman–Crippen LogP) is 3.03. The van der Waals surface area contributed by atoms with Gasteiger partial charge in [0.15, 0.2) is 16.6 Å². The number of hydrogen-bond acceptors (Lipinski definition) is 6. The van der Waals surface area contributed by atoms with E-state index in [1.54, 1.807) is 24.5 Å². The molecule has 0 unspecified atom stereocenters. The minimum Gasteiger partial charge on any atom is -0.504 e. The molecule has 0 aliphatic heterocycles. The average Bonchev–Trinajstić information content (AvgIpc) is 3.24. The molecule has 22 heavy (non-hydrogen) atoms. The van der Waals surface area contributed by atoms with E-state index in [4.69, 9.17) is 10.5 Å². The summed E-state index contributed by atoms with van der Waals surface area (Å²) in [5.41, 5.74) is 6.83. The van der Waals surface area contributed by atoms with Gasteiger partial charge in [0, 0.05) is 30.2 Å². The van der Waals surface area contributed by atoms with Crippen LogP contribution in [-0.4, -0.2) is 28.1 Å². The average molecular weight is 342 g/mol. The summed E-state index contributed by atoms with van der Waals surface area (Å²) < 4.78 is 5.17. The lowest BCUT2D eigenvalue weighted by molar-refractivity contribution is 0.247. The van der Waals surface area contributed by atoms with Crippen molar-refractivity contribution in [2.45, 2.75) is 32.0 Å². The van der Waals surface area contributed by atoms with Crippen molar-refractivity contribution in [2.75, 3.05) is 12.8 Å². The van der Waals surface area contributed by atoms with Crippen molar-refractivity contribution in [1.29, 1.82) is 0 Å². The van der Waals surface area contributed by atoms with E-state index >= 15 is 0 Å². The molecule has 1 aliphatic rings. The maximum Gasteiger partial charge on any atom is 0.180 e. The van der Waals surface area contributed by atoms with Crippen LogP contribution in [0.4, 0.5) is 5.13 Å². The van der Waals surface area contributed by atoms with Crippen molar-refractivity contribution in [1.82, 2.24) is 9.88 Å². The van der Waals surface area contributed by atoms with E-state index < -0.39 is 0 Å². The molecule has 0 amide bonds. The Hall–Kier alpha value is -1.50. The number of ether oxygens (including phenoxy) is 1. The smallest absolute Gasteiger partial charge is 0.180 e. The zero-order valence-corrected chi connectivity index (χ0v) is 14.0. The summed E-state index contributed by atoms with van der Waals surface area (Å²) in [5, 5.41) is 10.3. The van der Waals surface area contributed by atoms with Crippen LogP contribution in [0.15, 0.2) is 24.4 Å². The van der Waals surface area contributed by atoms with Gasteiger partial charge in [-0.2, -0.15) is 0 Å². The number of nitrogen functional groups attached to an aromatic ring is 1. The maximum absolute atomic E-state index is 9.67. The first-order chi connectivity index (χ1) is 10.2. The summed E-state index contributed by atoms with van der Waals surface area (Å²) in [7, 11) is 1.57. The Labute approximate surface area is 140 Å². The fraction of sp³-hybridized carbons (Fsp3) is 0.400. The summed E-state index contributed by atoms with van der Waals surface area (Å²) in [6.07, 6.45) is 4.33. The number of halogens is 1. The number of rotatable bonds is 6. The fourth-order valence-electron chi connectivity index (χ4n) is 2.40. The molecule has 0 spiro atoms. The van der Waals surface area contributed by atoms with Crippen molar-refractivity contribution in [2.24, 2.45) is 0 Å². The van der Waals surface area contributed by atoms with Gasteiger partial charge in [-0.3, -0.25) is 4.90 Å². The van der Waals surface area contributed by atoms with Crippen LogP contribution in [0.1, 0.15) is 23.3 Å². The Morgan fingerprint density at radius 2 is 2.18 bits per heavy atom. The number of thiazole rings is 1. The second-order valence-corrected chi connectivity index (χ2v) is 6.45. The van der Waals surface area contributed by atoms with Crippen LogP contribution in [0.25, 0.3) is 0 Å². The summed E-state index contributed by atoms with van der Waals surface area (Å²) in [6.45, 7) is 1.70. The SMILES string of the molecule is COc1cc(CN(Cc2cnc(N)s2)C2CC2)ccc1O.Cl. The van der Waals surface area contributed by atoms with Crippen molar-refractivity contribution in [3.8, 4) is 11.5 Å². The lowest BCUT2D eigenvalue weighted by atomic mass is 10.2. The highest BCUT2D eigenvalue weighted by Crippen LogP contribution is 2.33. The number of hydrogen-bond donors (Lipinski definition) is 2. The highest BCUT2D eigenvalue weighted by molar-refractivity contribution is 7.15. The Bertz CT molecular complexity index is 631. The number of phenols is 1. The Kier molecular flexibility index (Phi) is 5.50. The summed E-state index contributed by atoms with van der Waals surface area (Å²) in [5.74, 6) is 0.694. The van der Waals surface area contributed by atoms with Gasteiger partial charge in [0.1, 0.15) is 0 Å². The molecular weight excluding hydrogens is 322 g/mol. The number of aromatic hydroxyl groups is 1. The van der Waals surface area contributed by atoms with Gasteiger partial charge in [-0.1, -0.05) is 6.07 Å². The van der Waals surface area contributed by atoms with Gasteiger partial charge < -0.3 is 15.6 Å². The normalized spacial score (nSPS) is 13.9. The number of nitrogens with zero attached hydrogens (tertiary/aromatic N) is 2. The number of nitrogens with two attached hydrogens (primary N) is 1. The molecule has 1 aromatic carbocycles. The molecule has 3 N–H and O–H groups in total. The first-order valence-corrected chi connectivity index (χ1v) is 7.77. The molecule has 1 aliphatic carbocycles. The Morgan fingerprint density at radius 3 is 2.77 bits per heavy atom. The minimum absolute atomic E-state index is 0. The molecule has 1 fully saturated rings. The molecule has 7 heteroatoms. The van der Waals surface area contributed by atoms with Crippen molar-refractivity contribution in [3.05, 3.63) is 34.8 Å². The summed E-state index contributed by atoms with van der Waals surface area (Å²) in [4.78, 5) is 7.73. The highest BCUT2D eigenvalue weighted by Gasteiger charge is 2.29. The number of phenolic OH excluding ortho intramolecular Hbond substituents is 1. The van der Waals surface area contributed by atoms with E-state index in [0.29, 0.717) is 16.9 Å². The van der Waals surface area contributed by atoms with E-state index in [-0.39, 0.29) is 18.2 Å². The second-order valence-electron chi connectivity index (χ2n) is 5.31. The van der Waals surface area contributed by atoms with E-state index in [9.17, 15) is 5.11 Å². The zero-order valence-electron chi connectivity index (χ0n) is 12.4. The second kappa shape index (κ2) is 7.17. The topological polar surface area (TPSA) is 71.6 Å². The number of benzene rings is 1. The summed E-state index contributed by atoms with van der Waals surface area (Å²) in [6, 6.07) is 6.15. The molecule has 0 saturated heterocycles. The third kappa shape index (κ3) is 4.03. The molecule has 0 atom stereocenters. The lowest BCUT2D eigenvalue weighted by Gasteiger charge is -2.21. The molecule has 1 aromatic heterocycles. The van der Waals surface area contributed by atoms with Crippen LogP contribution in [0.5, 0.6) is 11.5 Å². The van der Waals surface area contributed by atoms with E-state index in [2.05, 4.69) is 9.88 Å². The standard InChI is InChI=1S/C15H19N3O2S.ClH/c1-20-14-6-10(2-5-13(14)19)8-18(11-3-4-11)9-12-7-17-15(16)21-12;/h2,5-7,11,19H,3-4,8-9H2,1H3,(H2,16,17);1H. The quantitative estimate of drug-likeness (QED) is 0.845. The Morgan fingerprint density at radius 1 is 1.41 bits per heavy atom. The van der Waals surface area contributed by atoms with Crippen LogP contribution in [0, 0.1) is 0 Å². The van der Waals surface area contributed by atoms with Gasteiger partial charge in [-0.05, 0) is 30.5 Å². The largest absolute Gasteiger partial charge is 0.504 e. The summed E-state index contributed by atoms with van der Waals surface area (Å²) >= 11 is 1.54. The molecule has 0 radical (unpaired) electrons. The van der Waals surface area contributed by atoms with E-state index in [0.717, 1.165) is 18.7 Å². The molecular formula is C15H20ClN3O2S. The number of anilines is 1. The Balaban J connectivity index is 0.00000176. The van der Waals surface area contributed by atoms with Gasteiger partial charge >= 0.3 is 0 Å². The van der Waals surface area contributed by atoms with Crippen molar-refractivity contribution >= 4 is 28.9 Å².